The number of fused-ring (bicyclic) bond motifs is 1. The number of hydrogen-bond acceptors (Lipinski definition) is 2. The second-order valence-corrected chi connectivity index (χ2v) is 3.41. The Balaban J connectivity index is 2.41. The average molecular weight is 196 g/mol. The first-order valence-electron chi connectivity index (χ1n) is 4.83. The minimum atomic E-state index is -0.207. The number of rotatable bonds is 2. The third-order valence-corrected chi connectivity index (χ3v) is 2.27. The highest BCUT2D eigenvalue weighted by molar-refractivity contribution is 5.42. The highest BCUT2D eigenvalue weighted by Crippen LogP contribution is 2.30. The van der Waals surface area contributed by atoms with Crippen LogP contribution < -0.4 is 4.74 Å². The van der Waals surface area contributed by atoms with E-state index in [9.17, 15) is 4.39 Å². The summed E-state index contributed by atoms with van der Waals surface area (Å²) in [4.78, 5) is 0. The topological polar surface area (TPSA) is 18.5 Å². The van der Waals surface area contributed by atoms with Crippen LogP contribution >= 0.6 is 0 Å². The maximum Gasteiger partial charge on any atom is 0.189 e. The second kappa shape index (κ2) is 3.96. The Morgan fingerprint density at radius 1 is 1.43 bits per heavy atom. The van der Waals surface area contributed by atoms with Crippen LogP contribution in [0.5, 0.6) is 5.75 Å². The molecule has 0 saturated heterocycles. The molecule has 0 unspecified atom stereocenters. The molecule has 2 rings (SSSR count). The maximum atomic E-state index is 13.2. The first-order chi connectivity index (χ1) is 6.81. The molecule has 0 spiro atoms. The van der Waals surface area contributed by atoms with E-state index in [0.717, 1.165) is 29.7 Å². The van der Waals surface area contributed by atoms with Gasteiger partial charge in [-0.1, -0.05) is 13.3 Å². The first-order valence-corrected chi connectivity index (χ1v) is 4.83. The average Bonchev–Trinajstić information content (AvgIpc) is 2.18. The van der Waals surface area contributed by atoms with Gasteiger partial charge in [0.2, 0.25) is 0 Å². The minimum absolute atomic E-state index is 0.207. The monoisotopic (exact) mass is 196 g/mol. The fraction of sp³-hybridized carbons (Fsp3) is 0.455. The number of ether oxygens (including phenoxy) is 2. The molecule has 14 heavy (non-hydrogen) atoms. The van der Waals surface area contributed by atoms with Crippen molar-refractivity contribution in [2.24, 2.45) is 0 Å². The van der Waals surface area contributed by atoms with Gasteiger partial charge < -0.3 is 9.47 Å². The summed E-state index contributed by atoms with van der Waals surface area (Å²) in [5.74, 6) is 0.612. The van der Waals surface area contributed by atoms with E-state index in [2.05, 4.69) is 6.92 Å². The lowest BCUT2D eigenvalue weighted by Gasteiger charge is -2.20. The van der Waals surface area contributed by atoms with E-state index in [4.69, 9.17) is 9.47 Å². The van der Waals surface area contributed by atoms with Crippen LogP contribution in [0.15, 0.2) is 12.1 Å². The molecule has 0 bridgehead atoms. The van der Waals surface area contributed by atoms with Crippen molar-refractivity contribution in [3.63, 3.8) is 0 Å². The van der Waals surface area contributed by atoms with Crippen LogP contribution in [-0.4, -0.2) is 6.79 Å². The molecule has 2 nitrogen and oxygen atoms in total. The predicted octanol–water partition coefficient (Wildman–Crippen LogP) is 2.64. The molecule has 3 heteroatoms. The van der Waals surface area contributed by atoms with Crippen LogP contribution in [0.1, 0.15) is 24.5 Å². The number of hydrogen-bond donors (Lipinski definition) is 0. The molecule has 1 aromatic carbocycles. The lowest BCUT2D eigenvalue weighted by atomic mass is 10.0. The van der Waals surface area contributed by atoms with Gasteiger partial charge in [-0.05, 0) is 24.1 Å². The van der Waals surface area contributed by atoms with Gasteiger partial charge in [-0.15, -0.1) is 0 Å². The van der Waals surface area contributed by atoms with Crippen LogP contribution in [0.2, 0.25) is 0 Å². The highest BCUT2D eigenvalue weighted by Gasteiger charge is 2.15. The van der Waals surface area contributed by atoms with E-state index in [1.54, 1.807) is 6.07 Å². The molecule has 1 aliphatic rings. The Kier molecular flexibility index (Phi) is 2.68. The van der Waals surface area contributed by atoms with Crippen LogP contribution in [0.25, 0.3) is 0 Å². The number of halogens is 1. The largest absolute Gasteiger partial charge is 0.467 e. The molecule has 1 aromatic rings. The standard InChI is InChI=1S/C11H13FO2/c1-2-3-8-4-10(12)5-9-6-13-7-14-11(8)9/h4-5H,2-3,6-7H2,1H3. The van der Waals surface area contributed by atoms with Crippen LogP contribution in [0.3, 0.4) is 0 Å². The summed E-state index contributed by atoms with van der Waals surface area (Å²) in [5.41, 5.74) is 1.77. The zero-order valence-corrected chi connectivity index (χ0v) is 8.18. The Hall–Kier alpha value is -1.09. The highest BCUT2D eigenvalue weighted by atomic mass is 19.1. The fourth-order valence-corrected chi connectivity index (χ4v) is 1.71. The zero-order valence-electron chi connectivity index (χ0n) is 8.18. The third-order valence-electron chi connectivity index (χ3n) is 2.27. The van der Waals surface area contributed by atoms with E-state index >= 15 is 0 Å². The van der Waals surface area contributed by atoms with Crippen molar-refractivity contribution in [3.8, 4) is 5.75 Å². The molecule has 0 amide bonds. The van der Waals surface area contributed by atoms with E-state index in [1.165, 1.54) is 6.07 Å². The number of benzene rings is 1. The van der Waals surface area contributed by atoms with E-state index in [1.807, 2.05) is 0 Å². The van der Waals surface area contributed by atoms with Gasteiger partial charge in [-0.2, -0.15) is 0 Å². The summed E-state index contributed by atoms with van der Waals surface area (Å²) < 4.78 is 23.6. The molecule has 76 valence electrons. The quantitative estimate of drug-likeness (QED) is 0.724. The summed E-state index contributed by atoms with van der Waals surface area (Å²) in [5, 5.41) is 0. The first kappa shape index (κ1) is 9.46. The van der Waals surface area contributed by atoms with Gasteiger partial charge in [-0.25, -0.2) is 4.39 Å². The van der Waals surface area contributed by atoms with E-state index < -0.39 is 0 Å². The van der Waals surface area contributed by atoms with Gasteiger partial charge in [0.25, 0.3) is 0 Å². The van der Waals surface area contributed by atoms with Crippen LogP contribution in [-0.2, 0) is 17.8 Å². The molecular weight excluding hydrogens is 183 g/mol. The van der Waals surface area contributed by atoms with Crippen LogP contribution in [0.4, 0.5) is 4.39 Å². The van der Waals surface area contributed by atoms with Crippen LogP contribution in [0, 0.1) is 5.82 Å². The summed E-state index contributed by atoms with van der Waals surface area (Å²) >= 11 is 0. The zero-order chi connectivity index (χ0) is 9.97. The SMILES string of the molecule is CCCc1cc(F)cc2c1OCOC2. The van der Waals surface area contributed by atoms with E-state index in [-0.39, 0.29) is 12.6 Å². The Bertz CT molecular complexity index is 336. The molecule has 0 saturated carbocycles. The summed E-state index contributed by atoms with van der Waals surface area (Å²) in [6.45, 7) is 2.79. The fourth-order valence-electron chi connectivity index (χ4n) is 1.71. The molecule has 0 atom stereocenters. The molecule has 0 aliphatic carbocycles. The van der Waals surface area contributed by atoms with Crippen molar-refractivity contribution in [3.05, 3.63) is 29.1 Å². The molecular formula is C11H13FO2. The molecule has 0 aromatic heterocycles. The third kappa shape index (κ3) is 1.73. The Morgan fingerprint density at radius 3 is 3.07 bits per heavy atom. The van der Waals surface area contributed by atoms with E-state index in [0.29, 0.717) is 6.61 Å². The Morgan fingerprint density at radius 2 is 2.29 bits per heavy atom. The normalized spacial score (nSPS) is 14.7. The predicted molar refractivity (Wildman–Crippen MR) is 50.7 cm³/mol. The van der Waals surface area contributed by atoms with Gasteiger partial charge >= 0.3 is 0 Å². The molecule has 0 radical (unpaired) electrons. The summed E-state index contributed by atoms with van der Waals surface area (Å²) in [6.07, 6.45) is 1.83. The van der Waals surface area contributed by atoms with Gasteiger partial charge in [0.15, 0.2) is 6.79 Å². The van der Waals surface area contributed by atoms with Crippen molar-refractivity contribution in [1.29, 1.82) is 0 Å². The summed E-state index contributed by atoms with van der Waals surface area (Å²) in [6, 6.07) is 3.03. The molecule has 1 aliphatic heterocycles. The molecule has 1 heterocycles. The lowest BCUT2D eigenvalue weighted by Crippen LogP contribution is -2.13. The lowest BCUT2D eigenvalue weighted by molar-refractivity contribution is -0.0172. The molecule has 0 N–H and O–H groups in total. The van der Waals surface area contributed by atoms with Gasteiger partial charge in [0.1, 0.15) is 11.6 Å². The van der Waals surface area contributed by atoms with Crippen molar-refractivity contribution in [1.82, 2.24) is 0 Å². The van der Waals surface area contributed by atoms with Crippen molar-refractivity contribution >= 4 is 0 Å². The Labute approximate surface area is 82.6 Å². The van der Waals surface area contributed by atoms with Crippen molar-refractivity contribution in [2.45, 2.75) is 26.4 Å². The van der Waals surface area contributed by atoms with Gasteiger partial charge in [0.05, 0.1) is 6.61 Å². The minimum Gasteiger partial charge on any atom is -0.467 e. The second-order valence-electron chi connectivity index (χ2n) is 3.41. The van der Waals surface area contributed by atoms with Gasteiger partial charge in [-0.3, -0.25) is 0 Å². The smallest absolute Gasteiger partial charge is 0.189 e. The van der Waals surface area contributed by atoms with Gasteiger partial charge in [0, 0.05) is 5.56 Å². The maximum absolute atomic E-state index is 13.2. The summed E-state index contributed by atoms with van der Waals surface area (Å²) in [7, 11) is 0. The molecule has 0 fully saturated rings. The van der Waals surface area contributed by atoms with Crippen molar-refractivity contribution in [2.75, 3.05) is 6.79 Å². The number of aryl methyl sites for hydroxylation is 1. The van der Waals surface area contributed by atoms with Crippen molar-refractivity contribution < 1.29 is 13.9 Å².